The minimum Gasteiger partial charge on any atom is -0.360 e. The van der Waals surface area contributed by atoms with Gasteiger partial charge in [0.15, 0.2) is 0 Å². The number of nitrogens with one attached hydrogen (secondary N) is 2. The summed E-state index contributed by atoms with van der Waals surface area (Å²) in [5, 5.41) is 4.22. The minimum absolute atomic E-state index is 0. The highest BCUT2D eigenvalue weighted by Crippen LogP contribution is 2.27. The van der Waals surface area contributed by atoms with E-state index in [1.165, 1.54) is 12.1 Å². The van der Waals surface area contributed by atoms with E-state index in [4.69, 9.17) is 11.6 Å². The van der Waals surface area contributed by atoms with Crippen molar-refractivity contribution in [2.45, 2.75) is 26.4 Å². The van der Waals surface area contributed by atoms with Crippen molar-refractivity contribution in [2.24, 2.45) is 0 Å². The van der Waals surface area contributed by atoms with Gasteiger partial charge in [-0.25, -0.2) is 9.18 Å². The number of hydrogen-bond donors (Lipinski definition) is 2. The number of benzene rings is 2. The summed E-state index contributed by atoms with van der Waals surface area (Å²) in [5.41, 5.74) is 2.26. The van der Waals surface area contributed by atoms with Crippen LogP contribution >= 0.6 is 11.6 Å². The molecule has 1 saturated heterocycles. The maximum absolute atomic E-state index is 13.3. The van der Waals surface area contributed by atoms with Crippen molar-refractivity contribution in [3.8, 4) is 0 Å². The van der Waals surface area contributed by atoms with Gasteiger partial charge in [-0.1, -0.05) is 43.3 Å². The molecule has 0 unspecified atom stereocenters. The number of hydrogen-bond acceptors (Lipinski definition) is 2. The molecule has 1 aromatic heterocycles. The van der Waals surface area contributed by atoms with Gasteiger partial charge in [0.1, 0.15) is 11.9 Å². The zero-order valence-electron chi connectivity index (χ0n) is 13.6. The van der Waals surface area contributed by atoms with Crippen LogP contribution in [-0.4, -0.2) is 27.9 Å². The zero-order valence-corrected chi connectivity index (χ0v) is 14.4. The van der Waals surface area contributed by atoms with Crippen LogP contribution in [0.25, 0.3) is 10.9 Å². The number of rotatable bonds is 4. The fourth-order valence-electron chi connectivity index (χ4n) is 3.25. The number of urea groups is 1. The van der Waals surface area contributed by atoms with Gasteiger partial charge in [0.2, 0.25) is 0 Å². The molecule has 2 aromatic carbocycles. The summed E-state index contributed by atoms with van der Waals surface area (Å²) in [6, 6.07) is 10.3. The molecule has 2 N–H and O–H groups in total. The summed E-state index contributed by atoms with van der Waals surface area (Å²) in [5.74, 6) is -0.725. The molecule has 0 saturated carbocycles. The van der Waals surface area contributed by atoms with Gasteiger partial charge >= 0.3 is 6.03 Å². The van der Waals surface area contributed by atoms with Crippen LogP contribution in [0.15, 0.2) is 48.7 Å². The molecule has 7 heteroatoms. The van der Waals surface area contributed by atoms with Crippen LogP contribution in [0.3, 0.4) is 0 Å². The normalized spacial score (nSPS) is 16.5. The highest BCUT2D eigenvalue weighted by molar-refractivity contribution is 6.35. The Morgan fingerprint density at radius 1 is 1.15 bits per heavy atom. The fourth-order valence-corrected chi connectivity index (χ4v) is 3.48. The largest absolute Gasteiger partial charge is 0.360 e. The topological polar surface area (TPSA) is 65.2 Å². The van der Waals surface area contributed by atoms with Crippen LogP contribution in [-0.2, 0) is 17.8 Å². The molecule has 0 bridgehead atoms. The Hall–Kier alpha value is -2.86. The lowest BCUT2D eigenvalue weighted by atomic mass is 10.0. The molecule has 140 valence electrons. The number of imide groups is 1. The average Bonchev–Trinajstić information content (AvgIpc) is 3.13. The number of nitrogens with zero attached hydrogens (tertiary/aromatic N) is 1. The summed E-state index contributed by atoms with van der Waals surface area (Å²) in [6.45, 7) is 0.0403. The van der Waals surface area contributed by atoms with Gasteiger partial charge in [-0.3, -0.25) is 9.69 Å². The number of halogens is 2. The van der Waals surface area contributed by atoms with E-state index >= 15 is 0 Å². The maximum atomic E-state index is 13.3. The van der Waals surface area contributed by atoms with E-state index in [0.717, 1.165) is 21.4 Å². The highest BCUT2D eigenvalue weighted by atomic mass is 35.5. The van der Waals surface area contributed by atoms with Crippen LogP contribution in [0.4, 0.5) is 9.18 Å². The molecular weight excluding hydrogens is 369 g/mol. The van der Waals surface area contributed by atoms with Crippen molar-refractivity contribution in [1.29, 1.82) is 0 Å². The first-order valence-electron chi connectivity index (χ1n) is 8.14. The van der Waals surface area contributed by atoms with E-state index in [9.17, 15) is 14.0 Å². The number of aromatic nitrogens is 1. The number of carbonyl (C=O) groups excluding carboxylic acids is 2. The monoisotopic (exact) mass is 387 g/mol. The van der Waals surface area contributed by atoms with Gasteiger partial charge in [0.25, 0.3) is 5.91 Å². The number of aromatic amines is 1. The molecule has 0 spiro atoms. The molecule has 4 rings (SSSR count). The predicted octanol–water partition coefficient (Wildman–Crippen LogP) is 4.26. The molecule has 3 aromatic rings. The Morgan fingerprint density at radius 2 is 1.93 bits per heavy atom. The molecule has 1 fully saturated rings. The highest BCUT2D eigenvalue weighted by Gasteiger charge is 2.38. The molecule has 5 nitrogen and oxygen atoms in total. The van der Waals surface area contributed by atoms with Gasteiger partial charge in [-0.2, -0.15) is 0 Å². The van der Waals surface area contributed by atoms with E-state index in [2.05, 4.69) is 10.3 Å². The van der Waals surface area contributed by atoms with Crippen LogP contribution in [0.2, 0.25) is 5.02 Å². The quantitative estimate of drug-likeness (QED) is 0.657. The van der Waals surface area contributed by atoms with Crippen molar-refractivity contribution in [3.05, 3.63) is 70.6 Å². The van der Waals surface area contributed by atoms with Crippen LogP contribution in [0, 0.1) is 5.82 Å². The Bertz CT molecular complexity index is 1020. The van der Waals surface area contributed by atoms with E-state index in [0.29, 0.717) is 17.0 Å². The molecule has 1 aliphatic heterocycles. The number of fused-ring (bicyclic) bond motifs is 1. The molecule has 27 heavy (non-hydrogen) atoms. The Balaban J connectivity index is 0.00000210. The Kier molecular flexibility index (Phi) is 5.19. The molecule has 0 radical (unpaired) electrons. The smallest absolute Gasteiger partial charge is 0.325 e. The van der Waals surface area contributed by atoms with Gasteiger partial charge in [0, 0.05) is 18.0 Å². The van der Waals surface area contributed by atoms with Crippen LogP contribution < -0.4 is 5.32 Å². The third-order valence-corrected chi connectivity index (χ3v) is 4.83. The SMILES string of the molecule is C.O=C1N[C@H](Cc2c[nH]c3c(Cl)cccc23)C(=O)N1Cc1cccc(F)c1. The first kappa shape index (κ1) is 18.9. The average molecular weight is 388 g/mol. The maximum Gasteiger partial charge on any atom is 0.325 e. The van der Waals surface area contributed by atoms with Crippen LogP contribution in [0.1, 0.15) is 18.6 Å². The molecule has 2 heterocycles. The van der Waals surface area contributed by atoms with Gasteiger partial charge in [-0.05, 0) is 29.3 Å². The number of para-hydroxylation sites is 1. The van der Waals surface area contributed by atoms with E-state index in [1.807, 2.05) is 12.1 Å². The predicted molar refractivity (Wildman–Crippen MR) is 103 cm³/mol. The Labute approximate surface area is 161 Å². The Morgan fingerprint density at radius 3 is 2.70 bits per heavy atom. The van der Waals surface area contributed by atoms with E-state index < -0.39 is 17.9 Å². The summed E-state index contributed by atoms with van der Waals surface area (Å²) in [7, 11) is 0. The van der Waals surface area contributed by atoms with Gasteiger partial charge < -0.3 is 10.3 Å². The third kappa shape index (κ3) is 3.53. The van der Waals surface area contributed by atoms with Gasteiger partial charge in [-0.15, -0.1) is 0 Å². The van der Waals surface area contributed by atoms with Crippen molar-refractivity contribution < 1.29 is 14.0 Å². The number of carbonyl (C=O) groups is 2. The first-order chi connectivity index (χ1) is 12.5. The van der Waals surface area contributed by atoms with E-state index in [-0.39, 0.29) is 19.9 Å². The van der Waals surface area contributed by atoms with Crippen molar-refractivity contribution >= 4 is 34.4 Å². The lowest BCUT2D eigenvalue weighted by molar-refractivity contribution is -0.127. The lowest BCUT2D eigenvalue weighted by Gasteiger charge is -2.13. The first-order valence-corrected chi connectivity index (χ1v) is 8.51. The second-order valence-electron chi connectivity index (χ2n) is 6.24. The summed E-state index contributed by atoms with van der Waals surface area (Å²) < 4.78 is 13.3. The lowest BCUT2D eigenvalue weighted by Crippen LogP contribution is -2.32. The van der Waals surface area contributed by atoms with Crippen LogP contribution in [0.5, 0.6) is 0 Å². The molecule has 3 amide bonds. The molecule has 1 aliphatic rings. The molecule has 0 aliphatic carbocycles. The summed E-state index contributed by atoms with van der Waals surface area (Å²) >= 11 is 6.16. The second-order valence-corrected chi connectivity index (χ2v) is 6.64. The summed E-state index contributed by atoms with van der Waals surface area (Å²) in [6.07, 6.45) is 2.15. The van der Waals surface area contributed by atoms with E-state index in [1.54, 1.807) is 24.4 Å². The number of amides is 3. The third-order valence-electron chi connectivity index (χ3n) is 4.51. The van der Waals surface area contributed by atoms with Crippen molar-refractivity contribution in [2.75, 3.05) is 0 Å². The second kappa shape index (κ2) is 7.40. The summed E-state index contributed by atoms with van der Waals surface area (Å²) in [4.78, 5) is 29.1. The number of H-pyrrole nitrogens is 1. The molecule has 1 atom stereocenters. The minimum atomic E-state index is -0.658. The van der Waals surface area contributed by atoms with Crippen molar-refractivity contribution in [3.63, 3.8) is 0 Å². The molecular formula is C20H19ClFN3O2. The van der Waals surface area contributed by atoms with Crippen molar-refractivity contribution in [1.82, 2.24) is 15.2 Å². The standard InChI is InChI=1S/C19H15ClFN3O2.CH4/c20-15-6-2-5-14-12(9-22-17(14)15)8-16-18(25)24(19(26)23-16)10-11-3-1-4-13(21)7-11;/h1-7,9,16,22H,8,10H2,(H,23,26);1H4/t16-;/m1./s1. The zero-order chi connectivity index (χ0) is 18.3. The fraction of sp³-hybridized carbons (Fsp3) is 0.200. The van der Waals surface area contributed by atoms with Gasteiger partial charge in [0.05, 0.1) is 17.1 Å².